The Kier molecular flexibility index (Phi) is 4.99. The first kappa shape index (κ1) is 19.4. The number of para-hydroxylation sites is 1. The molecule has 4 rings (SSSR count). The van der Waals surface area contributed by atoms with Crippen molar-refractivity contribution in [1.29, 1.82) is 0 Å². The van der Waals surface area contributed by atoms with E-state index in [4.69, 9.17) is 4.42 Å². The minimum absolute atomic E-state index is 0.0487. The standard InChI is InChI=1S/C20H20FN3O4S/c1-14-17(11-22-24(14)19-7-3-2-6-18(19)21)20(25)23(12-16-5-4-9-28-16)15-8-10-29(26,27)13-15/h2-7,9,11,15H,8,10,12-13H2,1H3/t15-/m0/s1. The van der Waals surface area contributed by atoms with E-state index in [-0.39, 0.29) is 29.6 Å². The molecule has 1 amide bonds. The normalized spacial score (nSPS) is 18.1. The van der Waals surface area contributed by atoms with E-state index in [1.54, 1.807) is 37.3 Å². The number of rotatable bonds is 5. The van der Waals surface area contributed by atoms with Crippen molar-refractivity contribution < 1.29 is 22.0 Å². The van der Waals surface area contributed by atoms with Gasteiger partial charge in [-0.1, -0.05) is 12.1 Å². The van der Waals surface area contributed by atoms with E-state index in [2.05, 4.69) is 5.10 Å². The molecule has 0 aliphatic carbocycles. The first-order valence-corrected chi connectivity index (χ1v) is 11.0. The van der Waals surface area contributed by atoms with Gasteiger partial charge < -0.3 is 9.32 Å². The molecule has 9 heteroatoms. The molecule has 1 fully saturated rings. The Hall–Kier alpha value is -2.94. The summed E-state index contributed by atoms with van der Waals surface area (Å²) in [4.78, 5) is 14.9. The fraction of sp³-hybridized carbons (Fsp3) is 0.300. The number of halogens is 1. The van der Waals surface area contributed by atoms with Crippen molar-refractivity contribution in [2.45, 2.75) is 25.9 Å². The fourth-order valence-corrected chi connectivity index (χ4v) is 5.33. The first-order valence-electron chi connectivity index (χ1n) is 9.19. The molecule has 3 aromatic rings. The van der Waals surface area contributed by atoms with Crippen LogP contribution in [0.15, 0.2) is 53.3 Å². The van der Waals surface area contributed by atoms with Crippen LogP contribution in [0.3, 0.4) is 0 Å². The topological polar surface area (TPSA) is 85.4 Å². The summed E-state index contributed by atoms with van der Waals surface area (Å²) in [7, 11) is -3.18. The highest BCUT2D eigenvalue weighted by Gasteiger charge is 2.36. The van der Waals surface area contributed by atoms with Crippen LogP contribution in [0.4, 0.5) is 4.39 Å². The molecule has 1 saturated heterocycles. The number of benzene rings is 1. The van der Waals surface area contributed by atoms with Crippen LogP contribution < -0.4 is 0 Å². The largest absolute Gasteiger partial charge is 0.467 e. The molecule has 0 spiro atoms. The predicted octanol–water partition coefficient (Wildman–Crippen LogP) is 2.74. The van der Waals surface area contributed by atoms with Crippen LogP contribution in [0, 0.1) is 12.7 Å². The average Bonchev–Trinajstić information content (AvgIpc) is 3.40. The molecule has 2 aromatic heterocycles. The van der Waals surface area contributed by atoms with Crippen LogP contribution in [0.2, 0.25) is 0 Å². The van der Waals surface area contributed by atoms with Crippen LogP contribution >= 0.6 is 0 Å². The summed E-state index contributed by atoms with van der Waals surface area (Å²) >= 11 is 0. The number of carbonyl (C=O) groups excluding carboxylic acids is 1. The molecule has 0 radical (unpaired) electrons. The Labute approximate surface area is 167 Å². The van der Waals surface area contributed by atoms with Gasteiger partial charge in [0.2, 0.25) is 0 Å². The molecular weight excluding hydrogens is 397 g/mol. The number of hydrogen-bond acceptors (Lipinski definition) is 5. The number of nitrogens with zero attached hydrogens (tertiary/aromatic N) is 3. The van der Waals surface area contributed by atoms with Crippen molar-refractivity contribution in [3.63, 3.8) is 0 Å². The van der Waals surface area contributed by atoms with Gasteiger partial charge >= 0.3 is 0 Å². The second-order valence-corrected chi connectivity index (χ2v) is 9.30. The molecule has 1 aliphatic rings. The van der Waals surface area contributed by atoms with E-state index in [1.807, 2.05) is 0 Å². The maximum absolute atomic E-state index is 14.2. The number of sulfone groups is 1. The second-order valence-electron chi connectivity index (χ2n) is 7.08. The predicted molar refractivity (Wildman–Crippen MR) is 104 cm³/mol. The molecular formula is C20H20FN3O4S. The molecule has 3 heterocycles. The molecule has 0 N–H and O–H groups in total. The van der Waals surface area contributed by atoms with Crippen molar-refractivity contribution >= 4 is 15.7 Å². The number of hydrogen-bond donors (Lipinski definition) is 0. The highest BCUT2D eigenvalue weighted by Crippen LogP contribution is 2.25. The van der Waals surface area contributed by atoms with Crippen molar-refractivity contribution in [2.75, 3.05) is 11.5 Å². The minimum atomic E-state index is -3.18. The monoisotopic (exact) mass is 417 g/mol. The van der Waals surface area contributed by atoms with Crippen LogP contribution in [-0.4, -0.2) is 46.6 Å². The van der Waals surface area contributed by atoms with Gasteiger partial charge in [-0.2, -0.15) is 5.10 Å². The maximum atomic E-state index is 14.2. The van der Waals surface area contributed by atoms with Gasteiger partial charge in [0, 0.05) is 6.04 Å². The van der Waals surface area contributed by atoms with Crippen LogP contribution in [0.25, 0.3) is 5.69 Å². The smallest absolute Gasteiger partial charge is 0.258 e. The first-order chi connectivity index (χ1) is 13.9. The molecule has 0 bridgehead atoms. The van der Waals surface area contributed by atoms with Gasteiger partial charge in [0.25, 0.3) is 5.91 Å². The zero-order valence-electron chi connectivity index (χ0n) is 15.8. The van der Waals surface area contributed by atoms with Crippen LogP contribution in [0.5, 0.6) is 0 Å². The van der Waals surface area contributed by atoms with Crippen molar-refractivity contribution in [2.24, 2.45) is 0 Å². The lowest BCUT2D eigenvalue weighted by atomic mass is 10.1. The average molecular weight is 417 g/mol. The highest BCUT2D eigenvalue weighted by molar-refractivity contribution is 7.91. The zero-order chi connectivity index (χ0) is 20.6. The lowest BCUT2D eigenvalue weighted by Crippen LogP contribution is -2.40. The fourth-order valence-electron chi connectivity index (χ4n) is 3.60. The highest BCUT2D eigenvalue weighted by atomic mass is 32.2. The maximum Gasteiger partial charge on any atom is 0.258 e. The van der Waals surface area contributed by atoms with Crippen molar-refractivity contribution in [3.8, 4) is 5.69 Å². The third-order valence-electron chi connectivity index (χ3n) is 5.14. The SMILES string of the molecule is Cc1c(C(=O)N(Cc2ccco2)[C@H]2CCS(=O)(=O)C2)cnn1-c1ccccc1F. The third-order valence-corrected chi connectivity index (χ3v) is 6.89. The van der Waals surface area contributed by atoms with E-state index in [1.165, 1.54) is 28.1 Å². The zero-order valence-corrected chi connectivity index (χ0v) is 16.6. The van der Waals surface area contributed by atoms with Crippen LogP contribution in [-0.2, 0) is 16.4 Å². The molecule has 29 heavy (non-hydrogen) atoms. The van der Waals surface area contributed by atoms with Crippen LogP contribution in [0.1, 0.15) is 28.2 Å². The quantitative estimate of drug-likeness (QED) is 0.637. The van der Waals surface area contributed by atoms with Gasteiger partial charge in [-0.05, 0) is 37.6 Å². The number of aromatic nitrogens is 2. The van der Waals surface area contributed by atoms with Gasteiger partial charge in [0.1, 0.15) is 17.3 Å². The summed E-state index contributed by atoms with van der Waals surface area (Å²) in [5.74, 6) is -0.287. The van der Waals surface area contributed by atoms with Gasteiger partial charge in [-0.25, -0.2) is 17.5 Å². The number of carbonyl (C=O) groups is 1. The summed E-state index contributed by atoms with van der Waals surface area (Å²) in [5, 5.41) is 4.19. The summed E-state index contributed by atoms with van der Waals surface area (Å²) in [6.45, 7) is 1.83. The van der Waals surface area contributed by atoms with Gasteiger partial charge in [0.05, 0.1) is 41.8 Å². The van der Waals surface area contributed by atoms with Crippen molar-refractivity contribution in [3.05, 3.63) is 71.7 Å². The molecule has 7 nitrogen and oxygen atoms in total. The van der Waals surface area contributed by atoms with Gasteiger partial charge in [-0.3, -0.25) is 4.79 Å². The van der Waals surface area contributed by atoms with E-state index in [9.17, 15) is 17.6 Å². The summed E-state index contributed by atoms with van der Waals surface area (Å²) in [6.07, 6.45) is 3.27. The molecule has 1 aromatic carbocycles. The summed E-state index contributed by atoms with van der Waals surface area (Å²) < 4.78 is 44.9. The third kappa shape index (κ3) is 3.82. The van der Waals surface area contributed by atoms with Gasteiger partial charge in [-0.15, -0.1) is 0 Å². The van der Waals surface area contributed by atoms with E-state index in [0.29, 0.717) is 23.4 Å². The number of furan rings is 1. The Morgan fingerprint density at radius 1 is 1.31 bits per heavy atom. The molecule has 0 unspecified atom stereocenters. The Morgan fingerprint density at radius 3 is 2.76 bits per heavy atom. The van der Waals surface area contributed by atoms with Gasteiger partial charge in [0.15, 0.2) is 9.84 Å². The number of amides is 1. The van der Waals surface area contributed by atoms with E-state index < -0.39 is 21.7 Å². The Morgan fingerprint density at radius 2 is 2.10 bits per heavy atom. The van der Waals surface area contributed by atoms with E-state index >= 15 is 0 Å². The Bertz CT molecular complexity index is 1140. The van der Waals surface area contributed by atoms with E-state index in [0.717, 1.165) is 0 Å². The lowest BCUT2D eigenvalue weighted by Gasteiger charge is -2.27. The summed E-state index contributed by atoms with van der Waals surface area (Å²) in [6, 6.07) is 9.17. The molecule has 0 saturated carbocycles. The lowest BCUT2D eigenvalue weighted by molar-refractivity contribution is 0.0665. The second kappa shape index (κ2) is 7.47. The summed E-state index contributed by atoms with van der Waals surface area (Å²) in [5.41, 5.74) is 1.01. The minimum Gasteiger partial charge on any atom is -0.467 e. The molecule has 152 valence electrons. The molecule has 1 atom stereocenters. The van der Waals surface area contributed by atoms with Crippen molar-refractivity contribution in [1.82, 2.24) is 14.7 Å². The molecule has 1 aliphatic heterocycles. The Balaban J connectivity index is 1.68.